The molecule has 220 valence electrons. The number of hydrogen-bond donors (Lipinski definition) is 1. The first-order valence-corrected chi connectivity index (χ1v) is 16.5. The van der Waals surface area contributed by atoms with Gasteiger partial charge in [-0.05, 0) is 62.6 Å². The van der Waals surface area contributed by atoms with E-state index in [1.807, 2.05) is 33.3 Å². The fraction of sp³-hybridized carbons (Fsp3) is 0.375. The highest BCUT2D eigenvalue weighted by Crippen LogP contribution is 2.25. The number of hydrogen-bond acceptors (Lipinski definition) is 4. The average Bonchev–Trinajstić information content (AvgIpc) is 3.42. The molecule has 0 fully saturated rings. The molecule has 6 nitrogen and oxygen atoms in total. The Morgan fingerprint density at radius 1 is 0.756 bits per heavy atom. The summed E-state index contributed by atoms with van der Waals surface area (Å²) in [6.45, 7) is 3.60. The van der Waals surface area contributed by atoms with Gasteiger partial charge in [-0.2, -0.15) is 0 Å². The van der Waals surface area contributed by atoms with Crippen LogP contribution in [0.4, 0.5) is 0 Å². The van der Waals surface area contributed by atoms with Crippen LogP contribution in [0.25, 0.3) is 21.8 Å². The van der Waals surface area contributed by atoms with Crippen molar-refractivity contribution in [3.05, 3.63) is 59.9 Å². The van der Waals surface area contributed by atoms with Crippen molar-refractivity contribution in [2.24, 2.45) is 14.1 Å². The lowest BCUT2D eigenvalue weighted by atomic mass is 10.2. The van der Waals surface area contributed by atoms with E-state index in [0.29, 0.717) is 25.4 Å². The highest BCUT2D eigenvalue weighted by atomic mass is 79.9. The molecule has 0 spiro atoms. The largest absolute Gasteiger partial charge is 0.508 e. The predicted molar refractivity (Wildman–Crippen MR) is 185 cm³/mol. The number of rotatable bonds is 10. The first-order valence-electron chi connectivity index (χ1n) is 13.1. The van der Waals surface area contributed by atoms with Gasteiger partial charge in [0.15, 0.2) is 0 Å². The number of phenols is 1. The zero-order valence-corrected chi connectivity index (χ0v) is 29.0. The lowest BCUT2D eigenvalue weighted by molar-refractivity contribution is 0.345. The van der Waals surface area contributed by atoms with E-state index >= 15 is 0 Å². The van der Waals surface area contributed by atoms with Crippen molar-refractivity contribution in [3.8, 4) is 36.2 Å². The summed E-state index contributed by atoms with van der Waals surface area (Å²) in [7, 11) is 8.13. The molecule has 41 heavy (non-hydrogen) atoms. The van der Waals surface area contributed by atoms with Crippen LogP contribution in [-0.2, 0) is 27.2 Å². The zero-order valence-electron chi connectivity index (χ0n) is 24.2. The van der Waals surface area contributed by atoms with Crippen LogP contribution in [0.5, 0.6) is 11.5 Å². The molecule has 0 radical (unpaired) electrons. The first kappa shape index (κ1) is 34.8. The number of halogens is 3. The Hall–Kier alpha value is -2.40. The summed E-state index contributed by atoms with van der Waals surface area (Å²) in [5, 5.41) is 14.6. The molecule has 2 aromatic heterocycles. The minimum Gasteiger partial charge on any atom is -0.508 e. The molecule has 0 saturated carbocycles. The Bertz CT molecular complexity index is 1460. The fourth-order valence-corrected chi connectivity index (χ4v) is 4.47. The molecule has 0 aliphatic rings. The van der Waals surface area contributed by atoms with E-state index in [-0.39, 0.29) is 0 Å². The van der Waals surface area contributed by atoms with E-state index in [1.165, 1.54) is 22.3 Å². The van der Waals surface area contributed by atoms with Gasteiger partial charge in [0.1, 0.15) is 11.5 Å². The predicted octanol–water partition coefficient (Wildman–Crippen LogP) is 6.74. The number of terminal acetylenes is 2. The summed E-state index contributed by atoms with van der Waals surface area (Å²) in [6.07, 6.45) is 10.6. The quantitative estimate of drug-likeness (QED) is 0.144. The summed E-state index contributed by atoms with van der Waals surface area (Å²) < 4.78 is 9.97. The maximum absolute atomic E-state index is 9.45. The summed E-state index contributed by atoms with van der Waals surface area (Å²) in [4.78, 5) is 4.20. The second-order valence-electron chi connectivity index (χ2n) is 9.52. The first-order chi connectivity index (χ1) is 19.7. The monoisotopic (exact) mass is 748 g/mol. The van der Waals surface area contributed by atoms with Gasteiger partial charge in [-0.15, -0.1) is 12.8 Å². The Balaban J connectivity index is 0.000000256. The number of aryl methyl sites for hydroxylation is 2. The number of fused-ring (bicyclic) bond motifs is 2. The van der Waals surface area contributed by atoms with Gasteiger partial charge in [-0.1, -0.05) is 59.6 Å². The molecule has 4 aromatic rings. The molecule has 0 unspecified atom stereocenters. The van der Waals surface area contributed by atoms with Gasteiger partial charge in [0.2, 0.25) is 0 Å². The highest BCUT2D eigenvalue weighted by molar-refractivity contribution is 9.12. The lowest BCUT2D eigenvalue weighted by Crippen LogP contribution is -2.19. The third kappa shape index (κ3) is 10.7. The van der Waals surface area contributed by atoms with Crippen LogP contribution < -0.4 is 4.74 Å². The molecule has 0 bridgehead atoms. The molecular weight excluding hydrogens is 712 g/mol. The van der Waals surface area contributed by atoms with E-state index in [4.69, 9.17) is 17.6 Å². The SMILES string of the molecule is BrCCBr.C#CCN(C)Cc1cc2cc(O)ccc2n1C.C#CCN(C)Cc1cc2cc(OCCBr)ccc2n1C. The molecular formula is C32H39Br3N4O2. The molecule has 1 N–H and O–H groups in total. The minimum atomic E-state index is 0.298. The maximum atomic E-state index is 9.45. The maximum Gasteiger partial charge on any atom is 0.120 e. The van der Waals surface area contributed by atoms with Crippen molar-refractivity contribution in [1.29, 1.82) is 0 Å². The molecule has 0 saturated heterocycles. The van der Waals surface area contributed by atoms with Gasteiger partial charge >= 0.3 is 0 Å². The normalized spacial score (nSPS) is 10.6. The molecule has 0 amide bonds. The van der Waals surface area contributed by atoms with Crippen molar-refractivity contribution in [1.82, 2.24) is 18.9 Å². The van der Waals surface area contributed by atoms with E-state index in [1.54, 1.807) is 12.1 Å². The van der Waals surface area contributed by atoms with Crippen LogP contribution in [0.2, 0.25) is 0 Å². The van der Waals surface area contributed by atoms with Crippen LogP contribution in [0.15, 0.2) is 48.5 Å². The van der Waals surface area contributed by atoms with Crippen LogP contribution >= 0.6 is 47.8 Å². The molecule has 0 aliphatic carbocycles. The van der Waals surface area contributed by atoms with Gasteiger partial charge in [0.25, 0.3) is 0 Å². The van der Waals surface area contributed by atoms with Crippen LogP contribution in [0.3, 0.4) is 0 Å². The van der Waals surface area contributed by atoms with E-state index in [2.05, 4.69) is 110 Å². The molecule has 2 aromatic carbocycles. The Kier molecular flexibility index (Phi) is 15.5. The Labute approximate surface area is 270 Å². The summed E-state index contributed by atoms with van der Waals surface area (Å²) in [5.41, 5.74) is 4.76. The van der Waals surface area contributed by atoms with Crippen molar-refractivity contribution >= 4 is 69.6 Å². The van der Waals surface area contributed by atoms with E-state index in [9.17, 15) is 5.11 Å². The van der Waals surface area contributed by atoms with Gasteiger partial charge in [-0.25, -0.2) is 0 Å². The number of phenolic OH excluding ortho intramolecular Hbond substituents is 1. The smallest absolute Gasteiger partial charge is 0.120 e. The van der Waals surface area contributed by atoms with Crippen LogP contribution in [0, 0.1) is 24.7 Å². The highest BCUT2D eigenvalue weighted by Gasteiger charge is 2.09. The number of aromatic hydroxyl groups is 1. The van der Waals surface area contributed by atoms with Crippen molar-refractivity contribution in [2.45, 2.75) is 13.1 Å². The number of benzene rings is 2. The second kappa shape index (κ2) is 18.2. The van der Waals surface area contributed by atoms with Gasteiger partial charge in [0.05, 0.1) is 19.7 Å². The zero-order chi connectivity index (χ0) is 30.4. The number of ether oxygens (including phenoxy) is 1. The summed E-state index contributed by atoms with van der Waals surface area (Å²) >= 11 is 9.77. The minimum absolute atomic E-state index is 0.298. The van der Waals surface area contributed by atoms with Crippen molar-refractivity contribution < 1.29 is 9.84 Å². The number of alkyl halides is 3. The van der Waals surface area contributed by atoms with Crippen molar-refractivity contribution in [2.75, 3.05) is 49.8 Å². The Morgan fingerprint density at radius 2 is 1.24 bits per heavy atom. The van der Waals surface area contributed by atoms with E-state index in [0.717, 1.165) is 45.7 Å². The van der Waals surface area contributed by atoms with Gasteiger partial charge in [-0.3, -0.25) is 9.80 Å². The third-order valence-electron chi connectivity index (χ3n) is 6.24. The molecule has 2 heterocycles. The van der Waals surface area contributed by atoms with Gasteiger partial charge < -0.3 is 19.0 Å². The third-order valence-corrected chi connectivity index (χ3v) is 8.42. The second-order valence-corrected chi connectivity index (χ2v) is 11.9. The van der Waals surface area contributed by atoms with Crippen LogP contribution in [-0.4, -0.2) is 73.8 Å². The summed E-state index contributed by atoms with van der Waals surface area (Å²) in [5.74, 6) is 6.50. The molecule has 4 rings (SSSR count). The fourth-order valence-electron chi connectivity index (χ4n) is 4.30. The van der Waals surface area contributed by atoms with Gasteiger partial charge in [0, 0.05) is 76.4 Å². The topological polar surface area (TPSA) is 45.8 Å². The number of nitrogens with zero attached hydrogens (tertiary/aromatic N) is 4. The summed E-state index contributed by atoms with van der Waals surface area (Å²) in [6, 6.07) is 15.9. The lowest BCUT2D eigenvalue weighted by Gasteiger charge is -2.13. The van der Waals surface area contributed by atoms with Crippen LogP contribution in [0.1, 0.15) is 11.4 Å². The standard InChI is InChI=1S/C16H19BrN2O.C14H16N2O.C2H4Br2/c1-4-8-18(2)12-14-10-13-11-15(20-9-7-17)5-6-16(13)19(14)3;1-4-7-15(2)10-12-8-11-9-13(17)5-6-14(11)16(12)3;3-1-2-4/h1,5-6,10-11H,7-9,12H2,2-3H3;1,5-6,8-9,17H,7,10H2,2-3H3;1-2H2. The Morgan fingerprint density at radius 3 is 1.71 bits per heavy atom. The number of aromatic nitrogens is 2. The molecule has 0 atom stereocenters. The molecule has 9 heteroatoms. The average molecular weight is 751 g/mol. The molecule has 0 aliphatic heterocycles. The van der Waals surface area contributed by atoms with E-state index < -0.39 is 0 Å². The van der Waals surface area contributed by atoms with Crippen molar-refractivity contribution in [3.63, 3.8) is 0 Å².